The van der Waals surface area contributed by atoms with E-state index in [1.165, 1.54) is 7.11 Å². The summed E-state index contributed by atoms with van der Waals surface area (Å²) in [6.07, 6.45) is 3.02. The Morgan fingerprint density at radius 1 is 0.917 bits per heavy atom. The van der Waals surface area contributed by atoms with Crippen LogP contribution in [0.4, 0.5) is 9.59 Å². The van der Waals surface area contributed by atoms with Crippen LogP contribution in [0.1, 0.15) is 88.2 Å². The fourth-order valence-corrected chi connectivity index (χ4v) is 5.73. The molecule has 0 aliphatic heterocycles. The zero-order chi connectivity index (χ0) is 35.5. The Hall–Kier alpha value is -4.48. The number of nitrogens with one attached hydrogen (secondary N) is 2. The molecule has 2 N–H and O–H groups in total. The van der Waals surface area contributed by atoms with Gasteiger partial charge in [0, 0.05) is 23.7 Å². The van der Waals surface area contributed by atoms with Crippen LogP contribution in [0.3, 0.4) is 0 Å². The predicted molar refractivity (Wildman–Crippen MR) is 180 cm³/mol. The molecule has 1 atom stereocenters. The molecule has 0 aromatic heterocycles. The molecule has 0 heterocycles. The van der Waals surface area contributed by atoms with Gasteiger partial charge in [-0.1, -0.05) is 31.4 Å². The summed E-state index contributed by atoms with van der Waals surface area (Å²) in [5.74, 6) is 0.260. The zero-order valence-electron chi connectivity index (χ0n) is 29.5. The number of benzene rings is 2. The van der Waals surface area contributed by atoms with Crippen LogP contribution in [0, 0.1) is 5.92 Å². The van der Waals surface area contributed by atoms with Crippen molar-refractivity contribution in [1.82, 2.24) is 15.5 Å². The van der Waals surface area contributed by atoms with Crippen LogP contribution in [0.25, 0.3) is 0 Å². The van der Waals surface area contributed by atoms with Gasteiger partial charge in [-0.2, -0.15) is 0 Å². The van der Waals surface area contributed by atoms with Gasteiger partial charge in [-0.3, -0.25) is 9.59 Å². The molecule has 1 aliphatic rings. The third-order valence-corrected chi connectivity index (χ3v) is 7.99. The lowest BCUT2D eigenvalue weighted by Crippen LogP contribution is -2.58. The standard InChI is InChI=1S/C36H51N3O9/c1-35(2,3)48-33(42)37-21-24-13-12-16-26(19-24)32(41)39(22-27-17-18-28(44-6)20-29(27)45-7)30(25-14-10-9-11-15-25)31(40)38-36(4,5)23-47-34(43)46-8/h12-13,16-20,25,30H,9-11,14-15,21-23H2,1-8H3,(H,37,42)(H,38,40). The molecule has 1 aliphatic carbocycles. The largest absolute Gasteiger partial charge is 0.508 e. The number of methoxy groups -OCH3 is 3. The third kappa shape index (κ3) is 11.3. The Balaban J connectivity index is 2.03. The molecule has 1 unspecified atom stereocenters. The minimum atomic E-state index is -0.960. The second-order valence-electron chi connectivity index (χ2n) is 13.6. The van der Waals surface area contributed by atoms with E-state index >= 15 is 0 Å². The molecule has 0 saturated heterocycles. The summed E-state index contributed by atoms with van der Waals surface area (Å²) in [5, 5.41) is 5.77. The number of nitrogens with zero attached hydrogens (tertiary/aromatic N) is 1. The van der Waals surface area contributed by atoms with Crippen LogP contribution in [0.15, 0.2) is 42.5 Å². The van der Waals surface area contributed by atoms with E-state index in [0.717, 1.165) is 32.1 Å². The number of amides is 3. The maximum atomic E-state index is 14.6. The van der Waals surface area contributed by atoms with Crippen molar-refractivity contribution in [1.29, 1.82) is 0 Å². The summed E-state index contributed by atoms with van der Waals surface area (Å²) in [7, 11) is 4.32. The van der Waals surface area contributed by atoms with Gasteiger partial charge in [0.1, 0.15) is 29.7 Å². The first kappa shape index (κ1) is 38.0. The van der Waals surface area contributed by atoms with Crippen molar-refractivity contribution in [3.8, 4) is 11.5 Å². The Morgan fingerprint density at radius 3 is 2.25 bits per heavy atom. The zero-order valence-corrected chi connectivity index (χ0v) is 29.5. The molecular formula is C36H51N3O9. The first-order valence-corrected chi connectivity index (χ1v) is 16.3. The van der Waals surface area contributed by atoms with Crippen molar-refractivity contribution in [2.75, 3.05) is 27.9 Å². The van der Waals surface area contributed by atoms with Crippen molar-refractivity contribution in [3.63, 3.8) is 0 Å². The van der Waals surface area contributed by atoms with Gasteiger partial charge in [-0.15, -0.1) is 0 Å². The fraction of sp³-hybridized carbons (Fsp3) is 0.556. The second kappa shape index (κ2) is 17.1. The summed E-state index contributed by atoms with van der Waals surface area (Å²) in [5.41, 5.74) is 0.120. The maximum Gasteiger partial charge on any atom is 0.508 e. The maximum absolute atomic E-state index is 14.6. The predicted octanol–water partition coefficient (Wildman–Crippen LogP) is 6.00. The van der Waals surface area contributed by atoms with Crippen LogP contribution >= 0.6 is 0 Å². The number of hydrogen-bond acceptors (Lipinski definition) is 9. The van der Waals surface area contributed by atoms with Crippen molar-refractivity contribution in [2.45, 2.75) is 97.0 Å². The van der Waals surface area contributed by atoms with Crippen LogP contribution in [-0.2, 0) is 32.1 Å². The smallest absolute Gasteiger partial charge is 0.497 e. The van der Waals surface area contributed by atoms with E-state index in [4.69, 9.17) is 18.9 Å². The third-order valence-electron chi connectivity index (χ3n) is 7.99. The van der Waals surface area contributed by atoms with E-state index in [1.807, 2.05) is 6.07 Å². The average molecular weight is 670 g/mol. The average Bonchev–Trinajstić information content (AvgIpc) is 3.05. The summed E-state index contributed by atoms with van der Waals surface area (Å²) in [4.78, 5) is 54.6. The van der Waals surface area contributed by atoms with Gasteiger partial charge < -0.3 is 39.2 Å². The highest BCUT2D eigenvalue weighted by Gasteiger charge is 2.40. The Labute approximate surface area is 283 Å². The van der Waals surface area contributed by atoms with E-state index in [2.05, 4.69) is 15.4 Å². The van der Waals surface area contributed by atoms with E-state index in [-0.39, 0.29) is 37.4 Å². The first-order valence-electron chi connectivity index (χ1n) is 16.3. The van der Waals surface area contributed by atoms with Gasteiger partial charge in [0.2, 0.25) is 5.91 Å². The SMILES string of the molecule is COC(=O)OCC(C)(C)NC(=O)C(C1CCCCC1)N(Cc1ccc(OC)cc1OC)C(=O)c1cccc(CNC(=O)OC(C)(C)C)c1. The molecular weight excluding hydrogens is 618 g/mol. The number of rotatable bonds is 13. The van der Waals surface area contributed by atoms with Crippen molar-refractivity contribution in [2.24, 2.45) is 5.92 Å². The van der Waals surface area contributed by atoms with E-state index in [9.17, 15) is 19.2 Å². The van der Waals surface area contributed by atoms with E-state index in [1.54, 1.807) is 90.1 Å². The van der Waals surface area contributed by atoms with Crippen LogP contribution < -0.4 is 20.1 Å². The molecule has 3 amide bonds. The number of alkyl carbamates (subject to hydrolysis) is 1. The van der Waals surface area contributed by atoms with Gasteiger partial charge in [-0.25, -0.2) is 9.59 Å². The van der Waals surface area contributed by atoms with Gasteiger partial charge in [0.15, 0.2) is 0 Å². The highest BCUT2D eigenvalue weighted by atomic mass is 16.7. The molecule has 1 fully saturated rings. The van der Waals surface area contributed by atoms with Gasteiger partial charge in [0.05, 0.1) is 33.4 Å². The first-order chi connectivity index (χ1) is 22.7. The lowest BCUT2D eigenvalue weighted by molar-refractivity contribution is -0.130. The molecule has 2 aromatic rings. The topological polar surface area (TPSA) is 142 Å². The summed E-state index contributed by atoms with van der Waals surface area (Å²) < 4.78 is 26.2. The molecule has 0 spiro atoms. The number of carbonyl (C=O) groups is 4. The minimum Gasteiger partial charge on any atom is -0.497 e. The Morgan fingerprint density at radius 2 is 1.62 bits per heavy atom. The molecule has 48 heavy (non-hydrogen) atoms. The number of carbonyl (C=O) groups excluding carboxylic acids is 4. The summed E-state index contributed by atoms with van der Waals surface area (Å²) in [6.45, 7) is 8.91. The molecule has 12 heteroatoms. The summed E-state index contributed by atoms with van der Waals surface area (Å²) >= 11 is 0. The molecule has 0 radical (unpaired) electrons. The number of ether oxygens (including phenoxy) is 5. The van der Waals surface area contributed by atoms with Crippen molar-refractivity contribution < 1.29 is 42.9 Å². The molecule has 3 rings (SSSR count). The Bertz CT molecular complexity index is 1410. The molecule has 1 saturated carbocycles. The van der Waals surface area contributed by atoms with Crippen LogP contribution in [0.2, 0.25) is 0 Å². The Kier molecular flexibility index (Phi) is 13.5. The van der Waals surface area contributed by atoms with E-state index in [0.29, 0.717) is 28.2 Å². The molecule has 264 valence electrons. The molecule has 12 nitrogen and oxygen atoms in total. The lowest BCUT2D eigenvalue weighted by atomic mass is 9.82. The summed E-state index contributed by atoms with van der Waals surface area (Å²) in [6, 6.07) is 11.4. The van der Waals surface area contributed by atoms with Gasteiger partial charge in [-0.05, 0) is 83.2 Å². The van der Waals surface area contributed by atoms with E-state index < -0.39 is 29.4 Å². The number of hydrogen-bond donors (Lipinski definition) is 2. The van der Waals surface area contributed by atoms with Gasteiger partial charge in [0.25, 0.3) is 5.91 Å². The van der Waals surface area contributed by atoms with Crippen molar-refractivity contribution >= 4 is 24.1 Å². The quantitative estimate of drug-likeness (QED) is 0.246. The molecule has 2 aromatic carbocycles. The van der Waals surface area contributed by atoms with Crippen LogP contribution in [-0.4, -0.2) is 74.1 Å². The monoisotopic (exact) mass is 669 g/mol. The van der Waals surface area contributed by atoms with Crippen molar-refractivity contribution in [3.05, 3.63) is 59.2 Å². The molecule has 0 bridgehead atoms. The minimum absolute atomic E-state index is 0.0695. The normalized spacial score (nSPS) is 14.2. The second-order valence-corrected chi connectivity index (χ2v) is 13.6. The van der Waals surface area contributed by atoms with Crippen LogP contribution in [0.5, 0.6) is 11.5 Å². The highest BCUT2D eigenvalue weighted by Crippen LogP contribution is 2.33. The lowest BCUT2D eigenvalue weighted by Gasteiger charge is -2.40. The highest BCUT2D eigenvalue weighted by molar-refractivity contribution is 5.98. The fourth-order valence-electron chi connectivity index (χ4n) is 5.73. The van der Waals surface area contributed by atoms with Gasteiger partial charge >= 0.3 is 12.2 Å².